The van der Waals surface area contributed by atoms with Crippen molar-refractivity contribution in [3.8, 4) is 0 Å². The minimum absolute atomic E-state index is 0.140. The van der Waals surface area contributed by atoms with Crippen LogP contribution in [0.25, 0.3) is 0 Å². The van der Waals surface area contributed by atoms with Crippen molar-refractivity contribution < 1.29 is 9.53 Å². The molecule has 0 saturated carbocycles. The van der Waals surface area contributed by atoms with E-state index in [0.29, 0.717) is 39.1 Å². The van der Waals surface area contributed by atoms with Crippen LogP contribution < -0.4 is 5.56 Å². The van der Waals surface area contributed by atoms with Gasteiger partial charge in [0.05, 0.1) is 19.5 Å². The molecule has 134 valence electrons. The standard InChI is InChI=1S/C17H23N5O3/c23-16-10-15(18-13-19-16)9-14-11-21(7-8-25-12-14)17(24)3-1-5-22-6-2-4-20-22/h2,4,6,10,13-14H,1,3,5,7-9,11-12H2,(H,18,19,23). The highest BCUT2D eigenvalue weighted by molar-refractivity contribution is 5.76. The topological polar surface area (TPSA) is 93.1 Å². The fourth-order valence-corrected chi connectivity index (χ4v) is 3.03. The van der Waals surface area contributed by atoms with Gasteiger partial charge in [-0.2, -0.15) is 5.10 Å². The summed E-state index contributed by atoms with van der Waals surface area (Å²) < 4.78 is 7.47. The van der Waals surface area contributed by atoms with Crippen LogP contribution in [0.2, 0.25) is 0 Å². The number of carbonyl (C=O) groups is 1. The van der Waals surface area contributed by atoms with E-state index in [9.17, 15) is 9.59 Å². The normalized spacial score (nSPS) is 18.1. The molecule has 1 saturated heterocycles. The fraction of sp³-hybridized carbons (Fsp3) is 0.529. The zero-order valence-corrected chi connectivity index (χ0v) is 14.1. The Balaban J connectivity index is 1.51. The summed E-state index contributed by atoms with van der Waals surface area (Å²) in [6, 6.07) is 3.38. The van der Waals surface area contributed by atoms with Crippen molar-refractivity contribution in [3.63, 3.8) is 0 Å². The number of aryl methyl sites for hydroxylation is 1. The van der Waals surface area contributed by atoms with Gasteiger partial charge < -0.3 is 14.6 Å². The number of hydrogen-bond donors (Lipinski definition) is 1. The number of aromatic nitrogens is 4. The Morgan fingerprint density at radius 3 is 3.16 bits per heavy atom. The van der Waals surface area contributed by atoms with Gasteiger partial charge in [0.25, 0.3) is 5.56 Å². The lowest BCUT2D eigenvalue weighted by Gasteiger charge is -2.23. The van der Waals surface area contributed by atoms with Crippen LogP contribution in [0.15, 0.2) is 35.6 Å². The first-order valence-electron chi connectivity index (χ1n) is 8.57. The number of nitrogens with zero attached hydrogens (tertiary/aromatic N) is 4. The Bertz CT molecular complexity index is 728. The third-order valence-corrected chi connectivity index (χ3v) is 4.26. The third kappa shape index (κ3) is 5.25. The summed E-state index contributed by atoms with van der Waals surface area (Å²) >= 11 is 0. The second-order valence-corrected chi connectivity index (χ2v) is 6.26. The summed E-state index contributed by atoms with van der Waals surface area (Å²) in [6.45, 7) is 3.11. The van der Waals surface area contributed by atoms with Crippen LogP contribution in [-0.4, -0.2) is 56.9 Å². The third-order valence-electron chi connectivity index (χ3n) is 4.26. The highest BCUT2D eigenvalue weighted by atomic mass is 16.5. The molecule has 0 bridgehead atoms. The van der Waals surface area contributed by atoms with Gasteiger partial charge in [0, 0.05) is 56.1 Å². The van der Waals surface area contributed by atoms with Crippen molar-refractivity contribution >= 4 is 5.91 Å². The monoisotopic (exact) mass is 345 g/mol. The average Bonchev–Trinajstić information content (AvgIpc) is 3.00. The number of hydrogen-bond acceptors (Lipinski definition) is 5. The zero-order chi connectivity index (χ0) is 17.5. The number of aromatic amines is 1. The van der Waals surface area contributed by atoms with Crippen LogP contribution in [-0.2, 0) is 22.5 Å². The predicted octanol–water partition coefficient (Wildman–Crippen LogP) is 0.464. The summed E-state index contributed by atoms with van der Waals surface area (Å²) in [6.07, 6.45) is 6.93. The largest absolute Gasteiger partial charge is 0.379 e. The van der Waals surface area contributed by atoms with Crippen molar-refractivity contribution in [2.24, 2.45) is 5.92 Å². The number of rotatable bonds is 6. The molecule has 2 aromatic heterocycles. The van der Waals surface area contributed by atoms with Gasteiger partial charge in [0.1, 0.15) is 0 Å². The molecule has 3 rings (SSSR count). The lowest BCUT2D eigenvalue weighted by molar-refractivity contribution is -0.131. The molecule has 8 nitrogen and oxygen atoms in total. The zero-order valence-electron chi connectivity index (χ0n) is 14.1. The van der Waals surface area contributed by atoms with E-state index in [-0.39, 0.29) is 17.4 Å². The Kier molecular flexibility index (Phi) is 5.95. The number of ether oxygens (including phenoxy) is 1. The molecule has 0 spiro atoms. The molecule has 25 heavy (non-hydrogen) atoms. The maximum Gasteiger partial charge on any atom is 0.250 e. The first-order chi connectivity index (χ1) is 12.2. The first kappa shape index (κ1) is 17.3. The molecule has 8 heteroatoms. The molecule has 0 radical (unpaired) electrons. The van der Waals surface area contributed by atoms with Gasteiger partial charge >= 0.3 is 0 Å². The Morgan fingerprint density at radius 2 is 2.36 bits per heavy atom. The van der Waals surface area contributed by atoms with E-state index < -0.39 is 0 Å². The van der Waals surface area contributed by atoms with E-state index in [2.05, 4.69) is 15.1 Å². The van der Waals surface area contributed by atoms with Gasteiger partial charge in [-0.3, -0.25) is 14.3 Å². The van der Waals surface area contributed by atoms with E-state index in [1.807, 2.05) is 21.8 Å². The highest BCUT2D eigenvalue weighted by Gasteiger charge is 2.23. The van der Waals surface area contributed by atoms with Crippen LogP contribution in [0.1, 0.15) is 18.5 Å². The van der Waals surface area contributed by atoms with Gasteiger partial charge in [-0.1, -0.05) is 0 Å². The summed E-state index contributed by atoms with van der Waals surface area (Å²) in [5.41, 5.74) is 0.566. The maximum atomic E-state index is 12.5. The minimum Gasteiger partial charge on any atom is -0.379 e. The van der Waals surface area contributed by atoms with Gasteiger partial charge in [-0.05, 0) is 18.9 Å². The van der Waals surface area contributed by atoms with Gasteiger partial charge in [0.2, 0.25) is 5.91 Å². The van der Waals surface area contributed by atoms with E-state index in [4.69, 9.17) is 4.74 Å². The second-order valence-electron chi connectivity index (χ2n) is 6.26. The highest BCUT2D eigenvalue weighted by Crippen LogP contribution is 2.13. The van der Waals surface area contributed by atoms with Crippen LogP contribution in [0.5, 0.6) is 0 Å². The predicted molar refractivity (Wildman–Crippen MR) is 90.9 cm³/mol. The molecule has 2 aromatic rings. The second kappa shape index (κ2) is 8.57. The number of carbonyl (C=O) groups excluding carboxylic acids is 1. The Morgan fingerprint density at radius 1 is 1.44 bits per heavy atom. The van der Waals surface area contributed by atoms with Crippen LogP contribution in [0.3, 0.4) is 0 Å². The molecule has 1 amide bonds. The number of H-pyrrole nitrogens is 1. The minimum atomic E-state index is -0.161. The fourth-order valence-electron chi connectivity index (χ4n) is 3.03. The summed E-state index contributed by atoms with van der Waals surface area (Å²) in [4.78, 5) is 32.5. The van der Waals surface area contributed by atoms with Gasteiger partial charge in [0.15, 0.2) is 0 Å². The molecule has 1 aliphatic rings. The van der Waals surface area contributed by atoms with E-state index >= 15 is 0 Å². The Labute approximate surface area is 145 Å². The molecular formula is C17H23N5O3. The molecule has 3 heterocycles. The average molecular weight is 345 g/mol. The van der Waals surface area contributed by atoms with Crippen molar-refractivity contribution in [3.05, 3.63) is 46.9 Å². The van der Waals surface area contributed by atoms with Crippen molar-refractivity contribution in [2.45, 2.75) is 25.8 Å². The molecule has 1 aliphatic heterocycles. The summed E-state index contributed by atoms with van der Waals surface area (Å²) in [7, 11) is 0. The lowest BCUT2D eigenvalue weighted by Crippen LogP contribution is -2.36. The van der Waals surface area contributed by atoms with Crippen molar-refractivity contribution in [1.82, 2.24) is 24.6 Å². The van der Waals surface area contributed by atoms with E-state index in [0.717, 1.165) is 18.7 Å². The Hall–Kier alpha value is -2.48. The SMILES string of the molecule is O=C(CCCn1cccn1)N1CCOCC(Cc2cc(=O)[nH]cn2)C1. The van der Waals surface area contributed by atoms with Gasteiger partial charge in [-0.25, -0.2) is 4.98 Å². The van der Waals surface area contributed by atoms with E-state index in [1.54, 1.807) is 6.20 Å². The molecular weight excluding hydrogens is 322 g/mol. The molecule has 1 fully saturated rings. The van der Waals surface area contributed by atoms with Gasteiger partial charge in [-0.15, -0.1) is 0 Å². The smallest absolute Gasteiger partial charge is 0.250 e. The van der Waals surface area contributed by atoms with Crippen molar-refractivity contribution in [2.75, 3.05) is 26.3 Å². The molecule has 1 atom stereocenters. The molecule has 0 aromatic carbocycles. The van der Waals surface area contributed by atoms with E-state index in [1.165, 1.54) is 12.4 Å². The summed E-state index contributed by atoms with van der Waals surface area (Å²) in [5, 5.41) is 4.14. The summed E-state index contributed by atoms with van der Waals surface area (Å²) in [5.74, 6) is 0.286. The molecule has 1 unspecified atom stereocenters. The molecule has 0 aliphatic carbocycles. The number of amides is 1. The van der Waals surface area contributed by atoms with Crippen LogP contribution in [0.4, 0.5) is 0 Å². The lowest BCUT2D eigenvalue weighted by atomic mass is 10.0. The quantitative estimate of drug-likeness (QED) is 0.821. The van der Waals surface area contributed by atoms with Crippen molar-refractivity contribution in [1.29, 1.82) is 0 Å². The first-order valence-corrected chi connectivity index (χ1v) is 8.57. The maximum absolute atomic E-state index is 12.5. The molecule has 1 N–H and O–H groups in total. The number of nitrogens with one attached hydrogen (secondary N) is 1. The van der Waals surface area contributed by atoms with Crippen LogP contribution >= 0.6 is 0 Å². The van der Waals surface area contributed by atoms with Crippen LogP contribution in [0, 0.1) is 5.92 Å².